The van der Waals surface area contributed by atoms with E-state index in [-0.39, 0.29) is 6.04 Å². The molecule has 0 bridgehead atoms. The maximum Gasteiger partial charge on any atom is 0.125 e. The number of hydrogen-bond donors (Lipinski definition) is 1. The lowest BCUT2D eigenvalue weighted by atomic mass is 10.0. The fourth-order valence-electron chi connectivity index (χ4n) is 2.40. The minimum atomic E-state index is -0.126. The fourth-order valence-corrected chi connectivity index (χ4v) is 3.86. The van der Waals surface area contributed by atoms with Crippen molar-refractivity contribution in [3.05, 3.63) is 49.6 Å². The van der Waals surface area contributed by atoms with E-state index in [1.807, 2.05) is 23.6 Å². The Balaban J connectivity index is 1.90. The molecule has 0 saturated carbocycles. The quantitative estimate of drug-likeness (QED) is 0.920. The van der Waals surface area contributed by atoms with Gasteiger partial charge >= 0.3 is 0 Å². The third-order valence-corrected chi connectivity index (χ3v) is 4.96. The third kappa shape index (κ3) is 2.61. The molecule has 0 saturated heterocycles. The number of hydrogen-bond acceptors (Lipinski definition) is 3. The first-order valence-corrected chi connectivity index (χ1v) is 7.71. The first-order valence-electron chi connectivity index (χ1n) is 6.07. The molecule has 0 amide bonds. The van der Waals surface area contributed by atoms with E-state index in [1.165, 1.54) is 5.56 Å². The Morgan fingerprint density at radius 3 is 2.95 bits per heavy atom. The molecule has 1 unspecified atom stereocenters. The van der Waals surface area contributed by atoms with Crippen molar-refractivity contribution in [3.8, 4) is 5.75 Å². The van der Waals surface area contributed by atoms with Crippen molar-refractivity contribution in [1.29, 1.82) is 0 Å². The number of rotatable bonds is 3. The van der Waals surface area contributed by atoms with Gasteiger partial charge in [-0.15, -0.1) is 11.3 Å². The van der Waals surface area contributed by atoms with Crippen molar-refractivity contribution in [2.45, 2.75) is 18.9 Å². The van der Waals surface area contributed by atoms with Gasteiger partial charge in [-0.3, -0.25) is 0 Å². The standard InChI is InChI=1S/C14H13Cl2NOS/c15-10-5-8-1-3-18-13(8)9(6-10)7-12(17)14-11(16)2-4-19-14/h2,4-6,12H,1,3,7,17H2. The monoisotopic (exact) mass is 313 g/mol. The summed E-state index contributed by atoms with van der Waals surface area (Å²) in [6, 6.07) is 5.66. The largest absolute Gasteiger partial charge is 0.493 e. The van der Waals surface area contributed by atoms with Crippen molar-refractivity contribution in [1.82, 2.24) is 0 Å². The Hall–Kier alpha value is -0.740. The molecule has 5 heteroatoms. The summed E-state index contributed by atoms with van der Waals surface area (Å²) in [5.74, 6) is 0.951. The van der Waals surface area contributed by atoms with E-state index in [0.29, 0.717) is 6.42 Å². The van der Waals surface area contributed by atoms with Gasteiger partial charge in [0, 0.05) is 22.4 Å². The Bertz CT molecular complexity index is 611. The molecule has 1 aliphatic heterocycles. The van der Waals surface area contributed by atoms with E-state index in [1.54, 1.807) is 11.3 Å². The van der Waals surface area contributed by atoms with E-state index in [9.17, 15) is 0 Å². The topological polar surface area (TPSA) is 35.2 Å². The minimum absolute atomic E-state index is 0.126. The van der Waals surface area contributed by atoms with E-state index >= 15 is 0 Å². The van der Waals surface area contributed by atoms with Gasteiger partial charge in [-0.25, -0.2) is 0 Å². The molecular weight excluding hydrogens is 301 g/mol. The first-order chi connectivity index (χ1) is 9.15. The second-order valence-corrected chi connectivity index (χ2v) is 6.39. The highest BCUT2D eigenvalue weighted by Gasteiger charge is 2.21. The average Bonchev–Trinajstić information content (AvgIpc) is 2.97. The minimum Gasteiger partial charge on any atom is -0.493 e. The van der Waals surface area contributed by atoms with Crippen LogP contribution in [0.15, 0.2) is 23.6 Å². The first kappa shape index (κ1) is 13.3. The van der Waals surface area contributed by atoms with Crippen LogP contribution in [-0.2, 0) is 12.8 Å². The molecule has 1 aromatic carbocycles. The molecule has 2 aromatic rings. The van der Waals surface area contributed by atoms with Crippen LogP contribution in [0.2, 0.25) is 10.0 Å². The summed E-state index contributed by atoms with van der Waals surface area (Å²) in [5, 5.41) is 3.43. The molecule has 2 heterocycles. The number of benzene rings is 1. The zero-order valence-electron chi connectivity index (χ0n) is 10.2. The Kier molecular flexibility index (Phi) is 3.72. The molecule has 1 atom stereocenters. The molecular formula is C14H13Cl2NOS. The van der Waals surface area contributed by atoms with Gasteiger partial charge in [0.05, 0.1) is 11.6 Å². The van der Waals surface area contributed by atoms with Gasteiger partial charge in [-0.2, -0.15) is 0 Å². The van der Waals surface area contributed by atoms with Crippen LogP contribution >= 0.6 is 34.5 Å². The van der Waals surface area contributed by atoms with Crippen molar-refractivity contribution < 1.29 is 4.74 Å². The molecule has 0 spiro atoms. The number of ether oxygens (including phenoxy) is 1. The molecule has 1 aromatic heterocycles. The van der Waals surface area contributed by atoms with Crippen LogP contribution in [0, 0.1) is 0 Å². The summed E-state index contributed by atoms with van der Waals surface area (Å²) >= 11 is 13.9. The average molecular weight is 314 g/mol. The highest BCUT2D eigenvalue weighted by atomic mass is 35.5. The number of thiophene rings is 1. The molecule has 0 radical (unpaired) electrons. The van der Waals surface area contributed by atoms with Crippen LogP contribution < -0.4 is 10.5 Å². The lowest BCUT2D eigenvalue weighted by Crippen LogP contribution is -2.12. The van der Waals surface area contributed by atoms with Gasteiger partial charge in [-0.05, 0) is 41.1 Å². The van der Waals surface area contributed by atoms with E-state index in [2.05, 4.69) is 0 Å². The van der Waals surface area contributed by atoms with Gasteiger partial charge in [0.25, 0.3) is 0 Å². The molecule has 0 aliphatic carbocycles. The van der Waals surface area contributed by atoms with Crippen LogP contribution in [0.3, 0.4) is 0 Å². The smallest absolute Gasteiger partial charge is 0.125 e. The highest BCUT2D eigenvalue weighted by Crippen LogP contribution is 2.36. The predicted molar refractivity (Wildman–Crippen MR) is 80.6 cm³/mol. The summed E-state index contributed by atoms with van der Waals surface area (Å²) in [6.45, 7) is 0.720. The lowest BCUT2D eigenvalue weighted by molar-refractivity contribution is 0.352. The normalized spacial score (nSPS) is 15.1. The van der Waals surface area contributed by atoms with Gasteiger partial charge in [-0.1, -0.05) is 23.2 Å². The van der Waals surface area contributed by atoms with E-state index in [0.717, 1.165) is 39.3 Å². The molecule has 0 fully saturated rings. The maximum atomic E-state index is 6.24. The molecule has 1 aliphatic rings. The van der Waals surface area contributed by atoms with Crippen LogP contribution in [0.25, 0.3) is 0 Å². The summed E-state index contributed by atoms with van der Waals surface area (Å²) in [7, 11) is 0. The predicted octanol–water partition coefficient (Wildman–Crippen LogP) is 4.23. The van der Waals surface area contributed by atoms with Crippen molar-refractivity contribution >= 4 is 34.5 Å². The third-order valence-electron chi connectivity index (χ3n) is 3.25. The number of nitrogens with two attached hydrogens (primary N) is 1. The van der Waals surface area contributed by atoms with Crippen LogP contribution in [0.5, 0.6) is 5.75 Å². The molecule has 2 N–H and O–H groups in total. The van der Waals surface area contributed by atoms with Crippen molar-refractivity contribution in [2.24, 2.45) is 5.73 Å². The lowest BCUT2D eigenvalue weighted by Gasteiger charge is -2.14. The van der Waals surface area contributed by atoms with Crippen molar-refractivity contribution in [2.75, 3.05) is 6.61 Å². The second-order valence-electron chi connectivity index (χ2n) is 4.60. The van der Waals surface area contributed by atoms with Crippen LogP contribution in [-0.4, -0.2) is 6.61 Å². The summed E-state index contributed by atoms with van der Waals surface area (Å²) < 4.78 is 5.69. The Morgan fingerprint density at radius 2 is 2.21 bits per heavy atom. The summed E-state index contributed by atoms with van der Waals surface area (Å²) in [6.07, 6.45) is 1.60. The van der Waals surface area contributed by atoms with Gasteiger partial charge in [0.1, 0.15) is 5.75 Å². The van der Waals surface area contributed by atoms with Crippen LogP contribution in [0.1, 0.15) is 22.0 Å². The van der Waals surface area contributed by atoms with Gasteiger partial charge < -0.3 is 10.5 Å². The zero-order valence-corrected chi connectivity index (χ0v) is 12.5. The highest BCUT2D eigenvalue weighted by molar-refractivity contribution is 7.10. The zero-order chi connectivity index (χ0) is 13.4. The number of fused-ring (bicyclic) bond motifs is 1. The summed E-state index contributed by atoms with van der Waals surface area (Å²) in [4.78, 5) is 1.01. The molecule has 2 nitrogen and oxygen atoms in total. The Labute approximate surface area is 126 Å². The van der Waals surface area contributed by atoms with Gasteiger partial charge in [0.2, 0.25) is 0 Å². The maximum absolute atomic E-state index is 6.24. The molecule has 19 heavy (non-hydrogen) atoms. The van der Waals surface area contributed by atoms with Gasteiger partial charge in [0.15, 0.2) is 0 Å². The molecule has 100 valence electrons. The van der Waals surface area contributed by atoms with Crippen molar-refractivity contribution in [3.63, 3.8) is 0 Å². The second kappa shape index (κ2) is 5.33. The van der Waals surface area contributed by atoms with E-state index in [4.69, 9.17) is 33.7 Å². The van der Waals surface area contributed by atoms with Crippen LogP contribution in [0.4, 0.5) is 0 Å². The number of halogens is 2. The van der Waals surface area contributed by atoms with E-state index < -0.39 is 0 Å². The Morgan fingerprint density at radius 1 is 1.37 bits per heavy atom. The fraction of sp³-hybridized carbons (Fsp3) is 0.286. The SMILES string of the molecule is NC(Cc1cc(Cl)cc2c1OCC2)c1sccc1Cl. The summed E-state index contributed by atoms with van der Waals surface area (Å²) in [5.41, 5.74) is 8.48. The molecule has 3 rings (SSSR count).